The summed E-state index contributed by atoms with van der Waals surface area (Å²) in [6.45, 7) is 13.7. The molecule has 0 saturated heterocycles. The van der Waals surface area contributed by atoms with Crippen LogP contribution in [0.3, 0.4) is 0 Å². The van der Waals surface area contributed by atoms with Crippen LogP contribution in [0.4, 0.5) is 0 Å². The minimum atomic E-state index is 0.168. The summed E-state index contributed by atoms with van der Waals surface area (Å²) in [7, 11) is 0. The molecule has 0 amide bonds. The maximum absolute atomic E-state index is 2.37. The highest BCUT2D eigenvalue weighted by molar-refractivity contribution is 7.25. The fourth-order valence-corrected chi connectivity index (χ4v) is 4.77. The molecule has 0 radical (unpaired) electrons. The largest absolute Gasteiger partial charge is 0.135 e. The van der Waals surface area contributed by atoms with E-state index in [1.54, 1.807) is 0 Å². The van der Waals surface area contributed by atoms with Gasteiger partial charge in [0.05, 0.1) is 0 Å². The van der Waals surface area contributed by atoms with E-state index in [-0.39, 0.29) is 10.8 Å². The van der Waals surface area contributed by atoms with E-state index in [9.17, 15) is 0 Å². The van der Waals surface area contributed by atoms with Crippen LogP contribution in [-0.4, -0.2) is 0 Å². The number of hydrogen-bond acceptors (Lipinski definition) is 1. The third kappa shape index (κ3) is 3.41. The summed E-state index contributed by atoms with van der Waals surface area (Å²) in [6.07, 6.45) is 0. The van der Waals surface area contributed by atoms with Crippen molar-refractivity contribution in [1.29, 1.82) is 0 Å². The van der Waals surface area contributed by atoms with Crippen LogP contribution in [0.2, 0.25) is 0 Å². The van der Waals surface area contributed by atoms with Gasteiger partial charge in [0, 0.05) is 20.2 Å². The van der Waals surface area contributed by atoms with Crippen molar-refractivity contribution in [1.82, 2.24) is 0 Å². The maximum Gasteiger partial charge on any atom is 0.0361 e. The van der Waals surface area contributed by atoms with Crippen molar-refractivity contribution < 1.29 is 0 Å². The molecule has 0 aliphatic rings. The van der Waals surface area contributed by atoms with Crippen molar-refractivity contribution in [2.45, 2.75) is 52.4 Å². The normalized spacial score (nSPS) is 12.8. The Morgan fingerprint density at radius 1 is 0.556 bits per heavy atom. The molecule has 0 unspecified atom stereocenters. The Kier molecular flexibility index (Phi) is 4.20. The van der Waals surface area contributed by atoms with E-state index in [2.05, 4.69) is 102 Å². The zero-order valence-electron chi connectivity index (χ0n) is 17.2. The molecule has 1 aromatic heterocycles. The molecule has 0 N–H and O–H groups in total. The van der Waals surface area contributed by atoms with Crippen LogP contribution in [0.15, 0.2) is 60.7 Å². The summed E-state index contributed by atoms with van der Waals surface area (Å²) in [5, 5.41) is 2.74. The number of fused-ring (bicyclic) bond motifs is 3. The van der Waals surface area contributed by atoms with Crippen LogP contribution in [0.25, 0.3) is 31.3 Å². The molecule has 4 rings (SSSR count). The zero-order chi connectivity index (χ0) is 19.4. The number of rotatable bonds is 1. The Bertz CT molecular complexity index is 1130. The lowest BCUT2D eigenvalue weighted by Gasteiger charge is -2.19. The molecule has 0 bridgehead atoms. The molecule has 27 heavy (non-hydrogen) atoms. The summed E-state index contributed by atoms with van der Waals surface area (Å²) in [4.78, 5) is 0. The Labute approximate surface area is 166 Å². The van der Waals surface area contributed by atoms with Gasteiger partial charge in [-0.15, -0.1) is 11.3 Å². The Morgan fingerprint density at radius 2 is 1.11 bits per heavy atom. The van der Waals surface area contributed by atoms with Crippen LogP contribution >= 0.6 is 11.3 Å². The average molecular weight is 373 g/mol. The first-order chi connectivity index (χ1) is 12.6. The van der Waals surface area contributed by atoms with Crippen molar-refractivity contribution in [2.24, 2.45) is 0 Å². The molecular weight excluding hydrogens is 344 g/mol. The fraction of sp³-hybridized carbons (Fsp3) is 0.308. The highest BCUT2D eigenvalue weighted by atomic mass is 32.1. The minimum Gasteiger partial charge on any atom is -0.135 e. The third-order valence-corrected chi connectivity index (χ3v) is 6.52. The second kappa shape index (κ2) is 6.21. The van der Waals surface area contributed by atoms with E-state index in [1.807, 2.05) is 11.3 Å². The molecule has 0 nitrogen and oxygen atoms in total. The number of benzene rings is 3. The quantitative estimate of drug-likeness (QED) is 0.315. The summed E-state index contributed by atoms with van der Waals surface area (Å²) < 4.78 is 2.76. The topological polar surface area (TPSA) is 0 Å². The molecular formula is C26H28S. The van der Waals surface area contributed by atoms with Gasteiger partial charge in [-0.2, -0.15) is 0 Å². The minimum absolute atomic E-state index is 0.168. The van der Waals surface area contributed by atoms with Crippen molar-refractivity contribution in [3.63, 3.8) is 0 Å². The van der Waals surface area contributed by atoms with E-state index in [4.69, 9.17) is 0 Å². The molecule has 0 fully saturated rings. The molecule has 1 heteroatoms. The van der Waals surface area contributed by atoms with Gasteiger partial charge in [-0.3, -0.25) is 0 Å². The third-order valence-electron chi connectivity index (χ3n) is 5.40. The van der Waals surface area contributed by atoms with Gasteiger partial charge in [0.2, 0.25) is 0 Å². The van der Waals surface area contributed by atoms with E-state index in [0.29, 0.717) is 0 Å². The summed E-state index contributed by atoms with van der Waals surface area (Å²) >= 11 is 1.91. The first-order valence-corrected chi connectivity index (χ1v) is 10.5. The van der Waals surface area contributed by atoms with Crippen LogP contribution in [0.1, 0.15) is 52.7 Å². The molecule has 0 spiro atoms. The Hall–Kier alpha value is -2.12. The molecule has 0 aliphatic carbocycles. The summed E-state index contributed by atoms with van der Waals surface area (Å²) in [5.41, 5.74) is 5.74. The first kappa shape index (κ1) is 18.3. The van der Waals surface area contributed by atoms with Crippen molar-refractivity contribution in [3.8, 4) is 11.1 Å². The van der Waals surface area contributed by atoms with E-state index >= 15 is 0 Å². The average Bonchev–Trinajstić information content (AvgIpc) is 2.97. The van der Waals surface area contributed by atoms with E-state index < -0.39 is 0 Å². The standard InChI is InChI=1S/C26H28S/c1-25(2,3)19-9-7-8-17(14-19)18-10-12-21-22-13-11-20(26(4,5)6)16-24(22)27-23(21)15-18/h7-16H,1-6H3. The molecule has 4 aromatic rings. The predicted octanol–water partition coefficient (Wildman–Crippen LogP) is 8.32. The van der Waals surface area contributed by atoms with Gasteiger partial charge in [-0.25, -0.2) is 0 Å². The monoisotopic (exact) mass is 372 g/mol. The van der Waals surface area contributed by atoms with Crippen LogP contribution < -0.4 is 0 Å². The number of hydrogen-bond donors (Lipinski definition) is 0. The second-order valence-electron chi connectivity index (χ2n) is 9.60. The van der Waals surface area contributed by atoms with Crippen LogP contribution in [0.5, 0.6) is 0 Å². The summed E-state index contributed by atoms with van der Waals surface area (Å²) in [6, 6.07) is 22.9. The highest BCUT2D eigenvalue weighted by Gasteiger charge is 2.16. The molecule has 0 saturated carbocycles. The SMILES string of the molecule is CC(C)(C)c1cccc(-c2ccc3c(c2)sc2cc(C(C)(C)C)ccc23)c1. The lowest BCUT2D eigenvalue weighted by molar-refractivity contribution is 0.590. The summed E-state index contributed by atoms with van der Waals surface area (Å²) in [5.74, 6) is 0. The van der Waals surface area contributed by atoms with Gasteiger partial charge in [0.1, 0.15) is 0 Å². The van der Waals surface area contributed by atoms with Gasteiger partial charge >= 0.3 is 0 Å². The van der Waals surface area contributed by atoms with Crippen molar-refractivity contribution >= 4 is 31.5 Å². The lowest BCUT2D eigenvalue weighted by atomic mass is 9.85. The highest BCUT2D eigenvalue weighted by Crippen LogP contribution is 2.38. The molecule has 0 aliphatic heterocycles. The van der Waals surface area contributed by atoms with Crippen LogP contribution in [0, 0.1) is 0 Å². The van der Waals surface area contributed by atoms with Crippen molar-refractivity contribution in [2.75, 3.05) is 0 Å². The van der Waals surface area contributed by atoms with Gasteiger partial charge in [-0.1, -0.05) is 90.1 Å². The molecule has 1 heterocycles. The van der Waals surface area contributed by atoms with Crippen molar-refractivity contribution in [3.05, 3.63) is 71.8 Å². The van der Waals surface area contributed by atoms with E-state index in [1.165, 1.54) is 42.4 Å². The van der Waals surface area contributed by atoms with Gasteiger partial charge in [0.25, 0.3) is 0 Å². The van der Waals surface area contributed by atoms with E-state index in [0.717, 1.165) is 0 Å². The fourth-order valence-electron chi connectivity index (χ4n) is 3.59. The molecule has 138 valence electrons. The molecule has 3 aromatic carbocycles. The molecule has 0 atom stereocenters. The van der Waals surface area contributed by atoms with Gasteiger partial charge in [-0.05, 0) is 45.2 Å². The second-order valence-corrected chi connectivity index (χ2v) is 10.7. The Balaban J connectivity index is 1.84. The number of thiophene rings is 1. The lowest BCUT2D eigenvalue weighted by Crippen LogP contribution is -2.10. The van der Waals surface area contributed by atoms with Gasteiger partial charge in [0.15, 0.2) is 0 Å². The van der Waals surface area contributed by atoms with Gasteiger partial charge < -0.3 is 0 Å². The Morgan fingerprint density at radius 3 is 1.78 bits per heavy atom. The zero-order valence-corrected chi connectivity index (χ0v) is 18.0. The smallest absolute Gasteiger partial charge is 0.0361 e. The predicted molar refractivity (Wildman–Crippen MR) is 122 cm³/mol. The maximum atomic E-state index is 2.37. The first-order valence-electron chi connectivity index (χ1n) is 9.71. The van der Waals surface area contributed by atoms with Crippen LogP contribution in [-0.2, 0) is 10.8 Å².